The molecule has 0 bridgehead atoms. The van der Waals surface area contributed by atoms with Gasteiger partial charge in [0.25, 0.3) is 0 Å². The van der Waals surface area contributed by atoms with Gasteiger partial charge in [0, 0.05) is 25.0 Å². The predicted octanol–water partition coefficient (Wildman–Crippen LogP) is 3.30. The number of hydrogen-bond acceptors (Lipinski definition) is 5. The van der Waals surface area contributed by atoms with Crippen molar-refractivity contribution in [2.75, 3.05) is 20.3 Å². The number of benzene rings is 2. The third kappa shape index (κ3) is 5.22. The molecule has 34 heavy (non-hydrogen) atoms. The van der Waals surface area contributed by atoms with Crippen LogP contribution >= 0.6 is 0 Å². The van der Waals surface area contributed by atoms with E-state index >= 15 is 0 Å². The molecule has 0 aliphatic heterocycles. The highest BCUT2D eigenvalue weighted by Gasteiger charge is 2.32. The molecule has 3 N–H and O–H groups in total. The number of carboxylic acids is 1. The summed E-state index contributed by atoms with van der Waals surface area (Å²) < 4.78 is 10.5. The maximum atomic E-state index is 12.6. The first-order valence-electron chi connectivity index (χ1n) is 11.6. The van der Waals surface area contributed by atoms with Gasteiger partial charge in [0.05, 0.1) is 6.61 Å². The summed E-state index contributed by atoms with van der Waals surface area (Å²) in [5.74, 6) is -1.86. The Hall–Kier alpha value is -3.39. The molecule has 2 amide bonds. The number of methoxy groups -OCH3 is 1. The fourth-order valence-corrected chi connectivity index (χ4v) is 5.00. The van der Waals surface area contributed by atoms with Crippen molar-refractivity contribution in [3.8, 4) is 11.1 Å². The van der Waals surface area contributed by atoms with E-state index in [2.05, 4.69) is 34.9 Å². The van der Waals surface area contributed by atoms with Crippen molar-refractivity contribution in [3.63, 3.8) is 0 Å². The number of rotatable bonds is 8. The van der Waals surface area contributed by atoms with Crippen molar-refractivity contribution in [1.82, 2.24) is 10.6 Å². The van der Waals surface area contributed by atoms with E-state index in [4.69, 9.17) is 9.47 Å². The Kier molecular flexibility index (Phi) is 7.47. The van der Waals surface area contributed by atoms with E-state index in [0.29, 0.717) is 12.8 Å². The van der Waals surface area contributed by atoms with Crippen LogP contribution in [0.15, 0.2) is 48.5 Å². The lowest BCUT2D eigenvalue weighted by molar-refractivity contribution is -0.144. The highest BCUT2D eigenvalue weighted by atomic mass is 16.5. The topological polar surface area (TPSA) is 114 Å². The predicted molar refractivity (Wildman–Crippen MR) is 125 cm³/mol. The second-order valence-electron chi connectivity index (χ2n) is 8.89. The lowest BCUT2D eigenvalue weighted by Crippen LogP contribution is -2.48. The molecular weight excluding hydrogens is 436 g/mol. The first-order valence-corrected chi connectivity index (χ1v) is 11.6. The van der Waals surface area contributed by atoms with Gasteiger partial charge >= 0.3 is 12.1 Å². The summed E-state index contributed by atoms with van der Waals surface area (Å²) in [5, 5.41) is 14.7. The maximum Gasteiger partial charge on any atom is 0.407 e. The Bertz CT molecular complexity index is 1010. The van der Waals surface area contributed by atoms with Gasteiger partial charge in [0.1, 0.15) is 6.61 Å². The van der Waals surface area contributed by atoms with Gasteiger partial charge in [-0.05, 0) is 41.5 Å². The highest BCUT2D eigenvalue weighted by molar-refractivity contribution is 5.85. The monoisotopic (exact) mass is 466 g/mol. The minimum absolute atomic E-state index is 0.0169. The molecule has 2 aromatic carbocycles. The van der Waals surface area contributed by atoms with Crippen molar-refractivity contribution < 1.29 is 29.0 Å². The van der Waals surface area contributed by atoms with Crippen LogP contribution in [0, 0.1) is 5.92 Å². The molecule has 4 rings (SSSR count). The molecule has 0 radical (unpaired) electrons. The Morgan fingerprint density at radius 2 is 1.68 bits per heavy atom. The normalized spacial score (nSPS) is 20.0. The van der Waals surface area contributed by atoms with Crippen LogP contribution in [0.3, 0.4) is 0 Å². The zero-order chi connectivity index (χ0) is 24.1. The number of carboxylic acid groups (broad SMARTS) is 1. The van der Waals surface area contributed by atoms with E-state index in [-0.39, 0.29) is 37.0 Å². The van der Waals surface area contributed by atoms with Gasteiger partial charge in [-0.3, -0.25) is 4.79 Å². The quantitative estimate of drug-likeness (QED) is 0.550. The summed E-state index contributed by atoms with van der Waals surface area (Å²) in [7, 11) is 1.39. The van der Waals surface area contributed by atoms with Crippen molar-refractivity contribution in [2.45, 2.75) is 43.7 Å². The number of carbonyl (C=O) groups excluding carboxylic acids is 2. The minimum atomic E-state index is -1.14. The Morgan fingerprint density at radius 3 is 2.29 bits per heavy atom. The zero-order valence-electron chi connectivity index (χ0n) is 19.2. The van der Waals surface area contributed by atoms with Crippen LogP contribution in [0.5, 0.6) is 0 Å². The minimum Gasteiger partial charge on any atom is -0.480 e. The summed E-state index contributed by atoms with van der Waals surface area (Å²) in [4.78, 5) is 36.5. The molecule has 1 fully saturated rings. The van der Waals surface area contributed by atoms with Gasteiger partial charge < -0.3 is 25.2 Å². The average molecular weight is 467 g/mol. The van der Waals surface area contributed by atoms with Gasteiger partial charge in [-0.25, -0.2) is 9.59 Å². The first kappa shape index (κ1) is 23.8. The summed E-state index contributed by atoms with van der Waals surface area (Å²) in [5.41, 5.74) is 4.63. The number of ether oxygens (including phenoxy) is 2. The summed E-state index contributed by atoms with van der Waals surface area (Å²) in [6.07, 6.45) is 2.09. The largest absolute Gasteiger partial charge is 0.480 e. The van der Waals surface area contributed by atoms with Crippen LogP contribution < -0.4 is 10.6 Å². The number of fused-ring (bicyclic) bond motifs is 3. The van der Waals surface area contributed by atoms with Gasteiger partial charge in [0.2, 0.25) is 5.91 Å². The Morgan fingerprint density at radius 1 is 1.03 bits per heavy atom. The molecule has 180 valence electrons. The third-order valence-electron chi connectivity index (χ3n) is 6.66. The molecule has 2 aromatic rings. The molecule has 8 nitrogen and oxygen atoms in total. The summed E-state index contributed by atoms with van der Waals surface area (Å²) in [6, 6.07) is 15.0. The second-order valence-corrected chi connectivity index (χ2v) is 8.89. The lowest BCUT2D eigenvalue weighted by atomic mass is 9.85. The molecule has 0 heterocycles. The van der Waals surface area contributed by atoms with Crippen molar-refractivity contribution >= 4 is 18.0 Å². The smallest absolute Gasteiger partial charge is 0.407 e. The highest BCUT2D eigenvalue weighted by Crippen LogP contribution is 2.44. The number of alkyl carbamates (subject to hydrolysis) is 1. The number of aliphatic carboxylic acids is 1. The van der Waals surface area contributed by atoms with E-state index in [0.717, 1.165) is 24.0 Å². The molecule has 8 heteroatoms. The van der Waals surface area contributed by atoms with Crippen LogP contribution in [0.4, 0.5) is 4.79 Å². The third-order valence-corrected chi connectivity index (χ3v) is 6.66. The van der Waals surface area contributed by atoms with Crippen LogP contribution in [0.2, 0.25) is 0 Å². The maximum absolute atomic E-state index is 12.6. The number of amides is 2. The lowest BCUT2D eigenvalue weighted by Gasteiger charge is -2.29. The van der Waals surface area contributed by atoms with E-state index in [1.165, 1.54) is 18.2 Å². The van der Waals surface area contributed by atoms with Crippen LogP contribution in [0.25, 0.3) is 11.1 Å². The van der Waals surface area contributed by atoms with Gasteiger partial charge in [-0.2, -0.15) is 0 Å². The van der Waals surface area contributed by atoms with Crippen molar-refractivity contribution in [1.29, 1.82) is 0 Å². The number of nitrogens with one attached hydrogen (secondary N) is 2. The first-order chi connectivity index (χ1) is 16.5. The van der Waals surface area contributed by atoms with E-state index in [9.17, 15) is 19.5 Å². The van der Waals surface area contributed by atoms with Crippen molar-refractivity contribution in [2.24, 2.45) is 5.92 Å². The van der Waals surface area contributed by atoms with Crippen LogP contribution in [-0.2, 0) is 19.1 Å². The molecule has 2 aliphatic carbocycles. The molecule has 0 saturated heterocycles. The van der Waals surface area contributed by atoms with Gasteiger partial charge in [0.15, 0.2) is 6.04 Å². The second kappa shape index (κ2) is 10.7. The fourth-order valence-electron chi connectivity index (χ4n) is 5.00. The average Bonchev–Trinajstić information content (AvgIpc) is 3.16. The summed E-state index contributed by atoms with van der Waals surface area (Å²) in [6.45, 7) is 0.128. The zero-order valence-corrected chi connectivity index (χ0v) is 19.2. The number of hydrogen-bond donors (Lipinski definition) is 3. The molecule has 0 aromatic heterocycles. The fraction of sp³-hybridized carbons (Fsp3) is 0.423. The van der Waals surface area contributed by atoms with Crippen molar-refractivity contribution in [3.05, 3.63) is 59.7 Å². The van der Waals surface area contributed by atoms with Gasteiger partial charge in [-0.1, -0.05) is 55.0 Å². The van der Waals surface area contributed by atoms with Crippen LogP contribution in [0.1, 0.15) is 42.7 Å². The molecule has 2 unspecified atom stereocenters. The molecule has 2 aliphatic rings. The number of carbonyl (C=O) groups is 3. The van der Waals surface area contributed by atoms with Gasteiger partial charge in [-0.15, -0.1) is 0 Å². The standard InChI is InChI=1S/C26H30N2O6/c1-33-15-23(25(30)31)28-24(29)16-7-6-8-17(13-16)27-26(32)34-14-22-20-11-4-2-9-18(20)19-10-3-5-12-21(19)22/h2-5,9-12,16-17,22-23H,6-8,13-15H2,1H3,(H,27,32)(H,28,29)(H,30,31)/t16?,17?,23-/m0/s1. The summed E-state index contributed by atoms with van der Waals surface area (Å²) >= 11 is 0. The van der Waals surface area contributed by atoms with E-state index in [1.54, 1.807) is 0 Å². The Balaban J connectivity index is 1.31. The molecule has 0 spiro atoms. The molecule has 3 atom stereocenters. The van der Waals surface area contributed by atoms with Crippen LogP contribution in [-0.4, -0.2) is 55.5 Å². The SMILES string of the molecule is COC[C@H](NC(=O)C1CCCC(NC(=O)OCC2c3ccccc3-c3ccccc32)C1)C(=O)O. The van der Waals surface area contributed by atoms with E-state index < -0.39 is 18.1 Å². The molecule has 1 saturated carbocycles. The van der Waals surface area contributed by atoms with E-state index in [1.807, 2.05) is 24.3 Å². The Labute approximate surface area is 198 Å². The molecular formula is C26H30N2O6.